The molecule has 0 amide bonds. The lowest BCUT2D eigenvalue weighted by molar-refractivity contribution is 0.380. The summed E-state index contributed by atoms with van der Waals surface area (Å²) in [5, 5.41) is 3.36. The third-order valence-corrected chi connectivity index (χ3v) is 5.84. The minimum absolute atomic E-state index is 0.157. The Hall–Kier alpha value is -1.36. The zero-order valence-corrected chi connectivity index (χ0v) is 14.9. The van der Waals surface area contributed by atoms with Gasteiger partial charge in [-0.1, -0.05) is 24.3 Å². The maximum Gasteiger partial charge on any atom is 0.193 e. The highest BCUT2D eigenvalue weighted by atomic mass is 32.2. The molecule has 0 saturated heterocycles. The number of nitrogens with zero attached hydrogens (tertiary/aromatic N) is 2. The Kier molecular flexibility index (Phi) is 5.62. The van der Waals surface area contributed by atoms with Crippen LogP contribution in [0.2, 0.25) is 0 Å². The zero-order chi connectivity index (χ0) is 16.2. The van der Waals surface area contributed by atoms with Gasteiger partial charge in [0.1, 0.15) is 0 Å². The Morgan fingerprint density at radius 1 is 1.32 bits per heavy atom. The smallest absolute Gasteiger partial charge is 0.193 e. The van der Waals surface area contributed by atoms with Crippen LogP contribution in [0.3, 0.4) is 0 Å². The molecule has 1 unspecified atom stereocenters. The molecule has 1 atom stereocenters. The molecule has 1 aliphatic rings. The lowest BCUT2D eigenvalue weighted by atomic mass is 10.0. The molecule has 2 rings (SSSR count). The Morgan fingerprint density at radius 2 is 2.00 bits per heavy atom. The molecule has 1 aromatic carbocycles. The fourth-order valence-electron chi connectivity index (χ4n) is 2.57. The fourth-order valence-corrected chi connectivity index (χ4v) is 3.47. The van der Waals surface area contributed by atoms with Crippen molar-refractivity contribution < 1.29 is 4.21 Å². The van der Waals surface area contributed by atoms with E-state index >= 15 is 0 Å². The summed E-state index contributed by atoms with van der Waals surface area (Å²) in [6.45, 7) is 8.59. The molecule has 0 spiro atoms. The van der Waals surface area contributed by atoms with Gasteiger partial charge < -0.3 is 10.2 Å². The van der Waals surface area contributed by atoms with Gasteiger partial charge >= 0.3 is 0 Å². The molecule has 1 aromatic rings. The first-order valence-electron chi connectivity index (χ1n) is 7.82. The van der Waals surface area contributed by atoms with Crippen molar-refractivity contribution in [1.29, 1.82) is 0 Å². The van der Waals surface area contributed by atoms with Crippen molar-refractivity contribution in [2.75, 3.05) is 25.9 Å². The standard InChI is InChI=1S/C17H27N3OS/c1-17(2,3)22(21)12-10-19-16(18-4)20-11-9-14-7-5-6-8-15(14)13-20/h5-8H,9-13H2,1-4H3,(H,18,19). The maximum atomic E-state index is 12.1. The van der Waals surface area contributed by atoms with Crippen LogP contribution in [0.5, 0.6) is 0 Å². The van der Waals surface area contributed by atoms with E-state index < -0.39 is 10.8 Å². The lowest BCUT2D eigenvalue weighted by Gasteiger charge is -2.31. The van der Waals surface area contributed by atoms with E-state index in [-0.39, 0.29) is 4.75 Å². The Balaban J connectivity index is 1.90. The van der Waals surface area contributed by atoms with E-state index in [1.54, 1.807) is 0 Å². The van der Waals surface area contributed by atoms with Gasteiger partial charge in [-0.05, 0) is 38.3 Å². The average molecular weight is 321 g/mol. The van der Waals surface area contributed by atoms with Gasteiger partial charge in [-0.15, -0.1) is 0 Å². The van der Waals surface area contributed by atoms with Gasteiger partial charge in [0.15, 0.2) is 5.96 Å². The summed E-state index contributed by atoms with van der Waals surface area (Å²) in [6, 6.07) is 8.58. The van der Waals surface area contributed by atoms with Crippen LogP contribution in [-0.4, -0.2) is 45.7 Å². The number of benzene rings is 1. The summed E-state index contributed by atoms with van der Waals surface area (Å²) < 4.78 is 11.9. The molecular weight excluding hydrogens is 294 g/mol. The Bertz CT molecular complexity index is 563. The summed E-state index contributed by atoms with van der Waals surface area (Å²) in [7, 11) is 0.976. The van der Waals surface area contributed by atoms with Crippen molar-refractivity contribution in [1.82, 2.24) is 10.2 Å². The van der Waals surface area contributed by atoms with Crippen molar-refractivity contribution in [3.63, 3.8) is 0 Å². The van der Waals surface area contributed by atoms with Gasteiger partial charge in [-0.3, -0.25) is 9.20 Å². The number of hydrogen-bond acceptors (Lipinski definition) is 2. The molecule has 1 N–H and O–H groups in total. The fraction of sp³-hybridized carbons (Fsp3) is 0.588. The Labute approximate surface area is 136 Å². The molecule has 22 heavy (non-hydrogen) atoms. The predicted molar refractivity (Wildman–Crippen MR) is 94.7 cm³/mol. The first kappa shape index (κ1) is 17.0. The number of rotatable bonds is 3. The van der Waals surface area contributed by atoms with Crippen LogP contribution in [0.1, 0.15) is 31.9 Å². The van der Waals surface area contributed by atoms with Crippen molar-refractivity contribution in [2.45, 2.75) is 38.5 Å². The molecule has 0 aromatic heterocycles. The monoisotopic (exact) mass is 321 g/mol. The molecular formula is C17H27N3OS. The normalized spacial score (nSPS) is 17.1. The van der Waals surface area contributed by atoms with Crippen LogP contribution in [0.15, 0.2) is 29.3 Å². The van der Waals surface area contributed by atoms with Gasteiger partial charge in [0.2, 0.25) is 0 Å². The van der Waals surface area contributed by atoms with E-state index in [9.17, 15) is 4.21 Å². The van der Waals surface area contributed by atoms with Gasteiger partial charge in [-0.2, -0.15) is 0 Å². The number of fused-ring (bicyclic) bond motifs is 1. The number of nitrogens with one attached hydrogen (secondary N) is 1. The minimum Gasteiger partial charge on any atom is -0.355 e. The molecule has 5 heteroatoms. The molecule has 0 bridgehead atoms. The van der Waals surface area contributed by atoms with Crippen molar-refractivity contribution in [3.05, 3.63) is 35.4 Å². The first-order chi connectivity index (χ1) is 10.4. The van der Waals surface area contributed by atoms with Crippen LogP contribution in [0.25, 0.3) is 0 Å². The van der Waals surface area contributed by atoms with E-state index in [0.717, 1.165) is 25.5 Å². The summed E-state index contributed by atoms with van der Waals surface area (Å²) >= 11 is 0. The first-order valence-corrected chi connectivity index (χ1v) is 9.14. The number of aliphatic imine (C=N–C) groups is 1. The maximum absolute atomic E-state index is 12.1. The van der Waals surface area contributed by atoms with Crippen LogP contribution < -0.4 is 5.32 Å². The summed E-state index contributed by atoms with van der Waals surface area (Å²) in [5.41, 5.74) is 2.80. The van der Waals surface area contributed by atoms with Crippen LogP contribution in [0, 0.1) is 0 Å². The van der Waals surface area contributed by atoms with E-state index in [2.05, 4.69) is 39.5 Å². The molecule has 122 valence electrons. The number of guanidine groups is 1. The third-order valence-electron chi connectivity index (χ3n) is 3.90. The molecule has 0 saturated carbocycles. The summed E-state index contributed by atoms with van der Waals surface area (Å²) in [5.74, 6) is 1.55. The van der Waals surface area contributed by atoms with Crippen molar-refractivity contribution in [3.8, 4) is 0 Å². The van der Waals surface area contributed by atoms with E-state index in [1.807, 2.05) is 27.8 Å². The predicted octanol–water partition coefficient (Wildman–Crippen LogP) is 2.17. The second-order valence-corrected chi connectivity index (χ2v) is 8.90. The average Bonchev–Trinajstić information content (AvgIpc) is 2.50. The molecule has 0 fully saturated rings. The Morgan fingerprint density at radius 3 is 2.64 bits per heavy atom. The second kappa shape index (κ2) is 7.27. The minimum atomic E-state index is -0.833. The highest BCUT2D eigenvalue weighted by Gasteiger charge is 2.21. The quantitative estimate of drug-likeness (QED) is 0.685. The van der Waals surface area contributed by atoms with Crippen LogP contribution in [0.4, 0.5) is 0 Å². The second-order valence-electron chi connectivity index (χ2n) is 6.58. The van der Waals surface area contributed by atoms with Crippen LogP contribution in [-0.2, 0) is 23.8 Å². The van der Waals surface area contributed by atoms with Crippen LogP contribution >= 0.6 is 0 Å². The molecule has 4 nitrogen and oxygen atoms in total. The van der Waals surface area contributed by atoms with Gasteiger partial charge in [-0.25, -0.2) is 0 Å². The SMILES string of the molecule is CN=C(NCCS(=O)C(C)(C)C)N1CCc2ccccc2C1. The van der Waals surface area contributed by atoms with Crippen molar-refractivity contribution in [2.24, 2.45) is 4.99 Å². The molecule has 1 heterocycles. The summed E-state index contributed by atoms with van der Waals surface area (Å²) in [4.78, 5) is 6.64. The molecule has 1 aliphatic heterocycles. The zero-order valence-electron chi connectivity index (χ0n) is 14.1. The van der Waals surface area contributed by atoms with Gasteiger partial charge in [0.05, 0.1) is 0 Å². The van der Waals surface area contributed by atoms with E-state index in [1.165, 1.54) is 11.1 Å². The van der Waals surface area contributed by atoms with Gasteiger partial charge in [0, 0.05) is 48.0 Å². The summed E-state index contributed by atoms with van der Waals surface area (Å²) in [6.07, 6.45) is 1.05. The highest BCUT2D eigenvalue weighted by molar-refractivity contribution is 7.86. The van der Waals surface area contributed by atoms with E-state index in [0.29, 0.717) is 12.3 Å². The molecule has 0 aliphatic carbocycles. The highest BCUT2D eigenvalue weighted by Crippen LogP contribution is 2.18. The number of hydrogen-bond donors (Lipinski definition) is 1. The molecule has 0 radical (unpaired) electrons. The van der Waals surface area contributed by atoms with E-state index in [4.69, 9.17) is 0 Å². The lowest BCUT2D eigenvalue weighted by Crippen LogP contribution is -2.45. The third kappa shape index (κ3) is 4.32. The van der Waals surface area contributed by atoms with Gasteiger partial charge in [0.25, 0.3) is 0 Å². The topological polar surface area (TPSA) is 44.7 Å². The van der Waals surface area contributed by atoms with Crippen molar-refractivity contribution >= 4 is 16.8 Å². The largest absolute Gasteiger partial charge is 0.355 e.